The molecule has 104 heavy (non-hydrogen) atoms. The minimum atomic E-state index is -1.37. The van der Waals surface area contributed by atoms with Gasteiger partial charge in [0.25, 0.3) is 5.91 Å². The number of esters is 1. The zero-order valence-corrected chi connectivity index (χ0v) is 59.5. The molecule has 21 nitrogen and oxygen atoms in total. The molecule has 11 atom stereocenters. The molecule has 3 heterocycles. The van der Waals surface area contributed by atoms with E-state index in [2.05, 4.69) is 67.1 Å². The van der Waals surface area contributed by atoms with E-state index >= 15 is 0 Å². The molecule has 0 radical (unpaired) electrons. The Bertz CT molecular complexity index is 4270. The number of aromatic carboxylic acids is 1. The predicted octanol–water partition coefficient (Wildman–Crippen LogP) is 13.2. The number of nitrogens with zero attached hydrogens (tertiary/aromatic N) is 6. The van der Waals surface area contributed by atoms with E-state index in [9.17, 15) is 69.9 Å². The van der Waals surface area contributed by atoms with Crippen LogP contribution in [0, 0.1) is 29.1 Å². The molecule has 15 N–H and O–H groups in total. The predicted molar refractivity (Wildman–Crippen MR) is 384 cm³/mol. The second kappa shape index (κ2) is 37.5. The smallest absolute Gasteiger partial charge is 0.341 e. The van der Waals surface area contributed by atoms with Crippen LogP contribution in [0.1, 0.15) is 175 Å². The number of nitrogens with one attached hydrogen (secondary N) is 1. The lowest BCUT2D eigenvalue weighted by molar-refractivity contribution is 0.00641. The molecular weight excluding hydrogens is 1530 g/mol. The molecule has 1 amide bonds. The lowest BCUT2D eigenvalue weighted by Gasteiger charge is -2.28. The zero-order chi connectivity index (χ0) is 74.6. The number of anilines is 3. The molecule has 0 saturated heterocycles. The topological polar surface area (TPSA) is 375 Å². The van der Waals surface area contributed by atoms with E-state index in [0.29, 0.717) is 86.8 Å². The van der Waals surface area contributed by atoms with E-state index in [-0.39, 0.29) is 120 Å². The van der Waals surface area contributed by atoms with Gasteiger partial charge in [0, 0.05) is 43.4 Å². The Kier molecular flexibility index (Phi) is 30.5. The molecule has 5 aromatic carbocycles. The van der Waals surface area contributed by atoms with Crippen molar-refractivity contribution in [3.05, 3.63) is 193 Å². The summed E-state index contributed by atoms with van der Waals surface area (Å²) < 4.78 is 118. The van der Waals surface area contributed by atoms with Crippen molar-refractivity contribution in [2.45, 2.75) is 158 Å². The Balaban J connectivity index is 0.000000227. The number of carboxylic acid groups (broad SMARTS) is 1. The first-order chi connectivity index (χ1) is 48.2. The number of aliphatic hydroxyl groups excluding tert-OH is 5. The number of aliphatic hydroxyl groups is 5. The Hall–Kier alpha value is -8.40. The van der Waals surface area contributed by atoms with E-state index in [1.807, 2.05) is 0 Å². The molecule has 3 aliphatic rings. The van der Waals surface area contributed by atoms with Crippen LogP contribution in [0.15, 0.2) is 119 Å². The van der Waals surface area contributed by atoms with Crippen LogP contribution in [0.25, 0.3) is 33.8 Å². The molecule has 560 valence electrons. The number of carbonyl (C=O) groups is 3. The monoisotopic (exact) mass is 1600 g/mol. The third kappa shape index (κ3) is 22.3. The molecule has 3 aromatic heterocycles. The first-order valence-corrected chi connectivity index (χ1v) is 33.7. The van der Waals surface area contributed by atoms with Crippen LogP contribution in [0.5, 0.6) is 0 Å². The third-order valence-electron chi connectivity index (χ3n) is 17.0. The second-order valence-electron chi connectivity index (χ2n) is 25.7. The fourth-order valence-corrected chi connectivity index (χ4v) is 12.5. The van der Waals surface area contributed by atoms with Gasteiger partial charge in [0.1, 0.15) is 87.7 Å². The van der Waals surface area contributed by atoms with Gasteiger partial charge in [-0.15, -0.1) is 12.4 Å². The highest BCUT2D eigenvalue weighted by Gasteiger charge is 2.35. The molecule has 8 aromatic rings. The van der Waals surface area contributed by atoms with Gasteiger partial charge in [-0.25, -0.2) is 74.6 Å². The minimum Gasteiger partial charge on any atom is -0.478 e. The summed E-state index contributed by atoms with van der Waals surface area (Å²) >= 11 is 6.29. The minimum absolute atomic E-state index is 0. The maximum Gasteiger partial charge on any atom is 0.341 e. The van der Waals surface area contributed by atoms with Gasteiger partial charge in [0.2, 0.25) is 0 Å². The number of hydrogen-bond acceptors (Lipinski definition) is 19. The van der Waals surface area contributed by atoms with E-state index in [1.54, 1.807) is 26.8 Å². The highest BCUT2D eigenvalue weighted by molar-refractivity contribution is 9.10. The van der Waals surface area contributed by atoms with Crippen molar-refractivity contribution in [1.82, 2.24) is 35.2 Å². The number of nitrogens with two attached hydrogens (primary N) is 4. The Morgan fingerprint density at radius 1 is 0.548 bits per heavy atom. The number of benzene rings is 5. The zero-order valence-electron chi connectivity index (χ0n) is 55.5. The summed E-state index contributed by atoms with van der Waals surface area (Å²) in [6.07, 6.45) is 0.472. The summed E-state index contributed by atoms with van der Waals surface area (Å²) in [5.41, 5.74) is 25.6. The number of alkyl halides is 3. The Morgan fingerprint density at radius 3 is 1.23 bits per heavy atom. The van der Waals surface area contributed by atoms with Gasteiger partial charge in [-0.1, -0.05) is 57.5 Å². The highest BCUT2D eigenvalue weighted by atomic mass is 79.9. The average molecular weight is 1610 g/mol. The molecular formula is C72H80Br2ClF8N11O10. The number of amides is 1. The maximum atomic E-state index is 15.0. The molecule has 3 fully saturated rings. The van der Waals surface area contributed by atoms with Crippen molar-refractivity contribution in [3.8, 4) is 33.8 Å². The Labute approximate surface area is 617 Å². The van der Waals surface area contributed by atoms with Crippen LogP contribution in [-0.4, -0.2) is 134 Å². The van der Waals surface area contributed by atoms with Gasteiger partial charge in [-0.3, -0.25) is 4.79 Å². The summed E-state index contributed by atoms with van der Waals surface area (Å²) in [7, 11) is 0. The number of halogens is 11. The van der Waals surface area contributed by atoms with Gasteiger partial charge in [0.05, 0.1) is 96.0 Å². The van der Waals surface area contributed by atoms with Crippen molar-refractivity contribution in [3.63, 3.8) is 0 Å². The first kappa shape index (κ1) is 84.5. The molecule has 0 spiro atoms. The number of rotatable bonds is 14. The molecule has 11 rings (SSSR count). The maximum absolute atomic E-state index is 15.0. The molecule has 3 saturated carbocycles. The van der Waals surface area contributed by atoms with E-state index < -0.39 is 108 Å². The number of carbonyl (C=O) groups excluding carboxylic acids is 2. The number of nitrogen functional groups attached to an aromatic ring is 3. The average Bonchev–Trinajstić information content (AvgIpc) is 0.807. The molecule has 0 bridgehead atoms. The van der Waals surface area contributed by atoms with Crippen LogP contribution >= 0.6 is 44.3 Å². The van der Waals surface area contributed by atoms with Gasteiger partial charge < -0.3 is 63.6 Å². The first-order valence-electron chi connectivity index (χ1n) is 32.1. The van der Waals surface area contributed by atoms with E-state index in [4.69, 9.17) is 37.9 Å². The SMILES string of the molecule is C.CC(C)(C)OC(=O)c1ccc(-c2nc([C@H]3CC[C@H](O)[C@@H](F)C3)cnc2N)cc1F.Cl.N[C@H](CO)c1cc(F)cc(Br)c1.Nc1ncc([C@H]2CC[C@H](O)[C@@H](F)C2)nc1-c1ccc(C(=O)N[C@H](CO)c2cc(F)cc(Br)c2)c(F)c1.Nc1ncc([C@H]2CC[C@H](O)[C@@H](F)C2)nc1-c1ccc(C(=O)O)c(F)c1. The highest BCUT2D eigenvalue weighted by Crippen LogP contribution is 2.39. The van der Waals surface area contributed by atoms with E-state index in [1.165, 1.54) is 73.2 Å². The summed E-state index contributed by atoms with van der Waals surface area (Å²) in [4.78, 5) is 61.4. The van der Waals surface area contributed by atoms with Crippen LogP contribution < -0.4 is 28.3 Å². The number of carboxylic acids is 1. The summed E-state index contributed by atoms with van der Waals surface area (Å²) in [6, 6.07) is 18.2. The van der Waals surface area contributed by atoms with Crippen LogP contribution in [0.2, 0.25) is 0 Å². The molecule has 0 unspecified atom stereocenters. The van der Waals surface area contributed by atoms with Crippen molar-refractivity contribution in [1.29, 1.82) is 0 Å². The fraction of sp³-hybridized carbons (Fsp3) is 0.375. The number of hydrogen-bond donors (Lipinski definition) is 11. The lowest BCUT2D eigenvalue weighted by atomic mass is 9.84. The van der Waals surface area contributed by atoms with E-state index in [0.717, 1.165) is 30.3 Å². The normalized spacial score (nSPS) is 20.5. The number of ether oxygens (including phenoxy) is 1. The quantitative estimate of drug-likeness (QED) is 0.0356. The van der Waals surface area contributed by atoms with Crippen LogP contribution in [-0.2, 0) is 4.74 Å². The molecule has 0 aliphatic heterocycles. The molecule has 3 aliphatic carbocycles. The van der Waals surface area contributed by atoms with Crippen molar-refractivity contribution >= 4 is 79.6 Å². The van der Waals surface area contributed by atoms with Crippen LogP contribution in [0.3, 0.4) is 0 Å². The summed E-state index contributed by atoms with van der Waals surface area (Å²) in [5, 5.41) is 58.5. The third-order valence-corrected chi connectivity index (χ3v) is 17.9. The summed E-state index contributed by atoms with van der Waals surface area (Å²) in [5.74, 6) is -6.84. The lowest BCUT2D eigenvalue weighted by Crippen LogP contribution is -2.31. The standard InChI is InChI=1S/C25H24BrF3N4O3.C21H25F2N3O3.C17H17F2N3O3.C8H9BrFNO.CH4.ClH/c26-15-5-14(6-16(27)9-15)21(11-34)33-25(36)17-3-1-13(8-18(17)28)23-24(30)31-10-20(32-23)12-2-4-22(35)19(29)7-12;1-21(2,3)29-20(28)13-6-4-12(9-14(13)22)18-19(24)25-10-16(26-18)11-5-7-17(27)15(23)8-11;18-11-6-9(1-3-10(11)17(24)25)15-16(20)21-7-13(22-15)8-2-4-14(23)12(19)5-8;9-6-1-5(8(11)4-12)2-7(10)3-6;;/h1,3,5-6,8-10,12,19,21-22,34-35H,2,4,7,11H2,(H2,30,31)(H,33,36);4,6,9-11,15,17,27H,5,7-8H2,1-3H3,(H2,24,25);1,3,6-8,12,14,23H,2,4-5H2,(H2,20,21)(H,24,25);1-3,8,12H,4,11H2;1H4;1H/t12-,19-,21+,22-;11-,15-,17-;8-,12-,14-;8-;;/m0001../s1. The largest absolute Gasteiger partial charge is 0.478 e. The van der Waals surface area contributed by atoms with Crippen LogP contribution in [0.4, 0.5) is 52.6 Å². The van der Waals surface area contributed by atoms with Crippen molar-refractivity contribution < 1.29 is 84.9 Å². The summed E-state index contributed by atoms with van der Waals surface area (Å²) in [6.45, 7) is 4.38. The Morgan fingerprint density at radius 2 is 0.904 bits per heavy atom. The second-order valence-corrected chi connectivity index (χ2v) is 27.5. The number of aromatic nitrogens is 6. The van der Waals surface area contributed by atoms with Gasteiger partial charge in [-0.05, 0) is 162 Å². The van der Waals surface area contributed by atoms with Crippen molar-refractivity contribution in [2.24, 2.45) is 5.73 Å². The van der Waals surface area contributed by atoms with Crippen molar-refractivity contribution in [2.75, 3.05) is 30.4 Å². The molecule has 32 heteroatoms. The van der Waals surface area contributed by atoms with Gasteiger partial charge >= 0.3 is 11.9 Å². The fourth-order valence-electron chi connectivity index (χ4n) is 11.6. The van der Waals surface area contributed by atoms with Gasteiger partial charge in [0.15, 0.2) is 0 Å². The van der Waals surface area contributed by atoms with Gasteiger partial charge in [-0.2, -0.15) is 0 Å².